The lowest BCUT2D eigenvalue weighted by Crippen LogP contribution is -2.48. The molecule has 2 N–H and O–H groups in total. The minimum absolute atomic E-state index is 0.0583. The van der Waals surface area contributed by atoms with E-state index in [1.165, 1.54) is 29.3 Å². The van der Waals surface area contributed by atoms with E-state index in [4.69, 9.17) is 15.2 Å². The predicted octanol–water partition coefficient (Wildman–Crippen LogP) is 1.08. The first-order valence-electron chi connectivity index (χ1n) is 7.36. The molecule has 2 heterocycles. The van der Waals surface area contributed by atoms with Gasteiger partial charge in [-0.05, 0) is 25.3 Å². The lowest BCUT2D eigenvalue weighted by atomic mass is 9.74. The first-order chi connectivity index (χ1) is 10.1. The molecule has 6 heteroatoms. The average Bonchev–Trinajstić information content (AvgIpc) is 2.41. The fraction of sp³-hybridized carbons (Fsp3) is 0.600. The fourth-order valence-electron chi connectivity index (χ4n) is 3.04. The van der Waals surface area contributed by atoms with Crippen molar-refractivity contribution in [3.05, 3.63) is 28.7 Å². The SMILES string of the molecule is Nc1ccc(=O)n(CC(=O)OC2CCOC3(CCC3)C2)c1. The molecule has 1 aromatic heterocycles. The number of nitrogen functional groups attached to an aromatic ring is 1. The van der Waals surface area contributed by atoms with Crippen molar-refractivity contribution >= 4 is 11.7 Å². The first kappa shape index (κ1) is 14.1. The molecule has 3 rings (SSSR count). The van der Waals surface area contributed by atoms with Gasteiger partial charge in [-0.25, -0.2) is 0 Å². The number of hydrogen-bond donors (Lipinski definition) is 1. The molecule has 21 heavy (non-hydrogen) atoms. The summed E-state index contributed by atoms with van der Waals surface area (Å²) in [5.74, 6) is -0.399. The van der Waals surface area contributed by atoms with Crippen molar-refractivity contribution in [2.75, 3.05) is 12.3 Å². The van der Waals surface area contributed by atoms with E-state index >= 15 is 0 Å². The molecule has 2 aliphatic rings. The van der Waals surface area contributed by atoms with E-state index in [-0.39, 0.29) is 23.8 Å². The summed E-state index contributed by atoms with van der Waals surface area (Å²) >= 11 is 0. The highest BCUT2D eigenvalue weighted by atomic mass is 16.6. The highest BCUT2D eigenvalue weighted by Crippen LogP contribution is 2.42. The zero-order chi connectivity index (χ0) is 14.9. The Labute approximate surface area is 122 Å². The highest BCUT2D eigenvalue weighted by Gasteiger charge is 2.43. The van der Waals surface area contributed by atoms with Crippen LogP contribution in [-0.4, -0.2) is 28.8 Å². The largest absolute Gasteiger partial charge is 0.461 e. The molecule has 1 spiro atoms. The molecule has 0 radical (unpaired) electrons. The number of nitrogens with zero attached hydrogens (tertiary/aromatic N) is 1. The van der Waals surface area contributed by atoms with Crippen LogP contribution in [0.25, 0.3) is 0 Å². The molecule has 114 valence electrons. The number of carbonyl (C=O) groups is 1. The number of carbonyl (C=O) groups excluding carboxylic acids is 1. The van der Waals surface area contributed by atoms with Gasteiger partial charge in [0.1, 0.15) is 12.6 Å². The van der Waals surface area contributed by atoms with Gasteiger partial charge in [-0.2, -0.15) is 0 Å². The minimum Gasteiger partial charge on any atom is -0.461 e. The Morgan fingerprint density at radius 1 is 1.48 bits per heavy atom. The van der Waals surface area contributed by atoms with Gasteiger partial charge in [0.15, 0.2) is 0 Å². The van der Waals surface area contributed by atoms with E-state index in [1.807, 2.05) is 0 Å². The van der Waals surface area contributed by atoms with Crippen molar-refractivity contribution in [1.82, 2.24) is 4.57 Å². The minimum atomic E-state index is -0.399. The van der Waals surface area contributed by atoms with E-state index in [2.05, 4.69) is 0 Å². The molecule has 1 unspecified atom stereocenters. The topological polar surface area (TPSA) is 83.6 Å². The normalized spacial score (nSPS) is 23.5. The van der Waals surface area contributed by atoms with Gasteiger partial charge in [-0.3, -0.25) is 9.59 Å². The molecule has 1 atom stereocenters. The maximum absolute atomic E-state index is 12.0. The van der Waals surface area contributed by atoms with Gasteiger partial charge >= 0.3 is 5.97 Å². The molecule has 2 fully saturated rings. The summed E-state index contributed by atoms with van der Waals surface area (Å²) < 4.78 is 12.6. The first-order valence-corrected chi connectivity index (χ1v) is 7.36. The Bertz CT molecular complexity index is 592. The number of esters is 1. The molecular weight excluding hydrogens is 272 g/mol. The lowest BCUT2D eigenvalue weighted by Gasteiger charge is -2.46. The van der Waals surface area contributed by atoms with Gasteiger partial charge in [0.05, 0.1) is 12.2 Å². The second-order valence-electron chi connectivity index (χ2n) is 5.92. The molecule has 0 aromatic carbocycles. The van der Waals surface area contributed by atoms with Crippen molar-refractivity contribution < 1.29 is 14.3 Å². The molecule has 0 bridgehead atoms. The maximum Gasteiger partial charge on any atom is 0.326 e. The fourth-order valence-corrected chi connectivity index (χ4v) is 3.04. The van der Waals surface area contributed by atoms with E-state index in [0.29, 0.717) is 12.3 Å². The van der Waals surface area contributed by atoms with Crippen LogP contribution in [0.2, 0.25) is 0 Å². The lowest BCUT2D eigenvalue weighted by molar-refractivity contribution is -0.181. The van der Waals surface area contributed by atoms with Gasteiger partial charge < -0.3 is 19.8 Å². The molecule has 1 aliphatic heterocycles. The van der Waals surface area contributed by atoms with Crippen LogP contribution in [0.15, 0.2) is 23.1 Å². The number of pyridine rings is 1. The summed E-state index contributed by atoms with van der Waals surface area (Å²) in [6.07, 6.45) is 6.12. The molecule has 1 saturated carbocycles. The smallest absolute Gasteiger partial charge is 0.326 e. The van der Waals surface area contributed by atoms with Gasteiger partial charge in [0.2, 0.25) is 0 Å². The predicted molar refractivity (Wildman–Crippen MR) is 76.8 cm³/mol. The average molecular weight is 292 g/mol. The zero-order valence-electron chi connectivity index (χ0n) is 11.9. The van der Waals surface area contributed by atoms with Crippen LogP contribution in [0, 0.1) is 0 Å². The van der Waals surface area contributed by atoms with Crippen LogP contribution in [-0.2, 0) is 20.8 Å². The van der Waals surface area contributed by atoms with Gasteiger partial charge in [-0.1, -0.05) is 0 Å². The summed E-state index contributed by atoms with van der Waals surface area (Å²) in [5, 5.41) is 0. The summed E-state index contributed by atoms with van der Waals surface area (Å²) in [5.41, 5.74) is 5.75. The summed E-state index contributed by atoms with van der Waals surface area (Å²) in [6.45, 7) is 0.532. The Morgan fingerprint density at radius 3 is 3.00 bits per heavy atom. The summed E-state index contributed by atoms with van der Waals surface area (Å²) in [7, 11) is 0. The molecule has 0 amide bonds. The number of nitrogens with two attached hydrogens (primary N) is 1. The van der Waals surface area contributed by atoms with Gasteiger partial charge in [0, 0.05) is 30.8 Å². The molecule has 1 aromatic rings. The Balaban J connectivity index is 1.58. The Kier molecular flexibility index (Phi) is 3.71. The second-order valence-corrected chi connectivity index (χ2v) is 5.92. The summed E-state index contributed by atoms with van der Waals surface area (Å²) in [4.78, 5) is 23.6. The summed E-state index contributed by atoms with van der Waals surface area (Å²) in [6, 6.07) is 2.86. The van der Waals surface area contributed by atoms with Crippen LogP contribution < -0.4 is 11.3 Å². The van der Waals surface area contributed by atoms with Crippen molar-refractivity contribution in [3.63, 3.8) is 0 Å². The monoisotopic (exact) mass is 292 g/mol. The molecule has 6 nitrogen and oxygen atoms in total. The van der Waals surface area contributed by atoms with Crippen LogP contribution in [0.5, 0.6) is 0 Å². The number of ether oxygens (including phenoxy) is 2. The van der Waals surface area contributed by atoms with Gasteiger partial charge in [0.25, 0.3) is 5.56 Å². The van der Waals surface area contributed by atoms with Gasteiger partial charge in [-0.15, -0.1) is 0 Å². The van der Waals surface area contributed by atoms with Crippen LogP contribution in [0.1, 0.15) is 32.1 Å². The van der Waals surface area contributed by atoms with Crippen molar-refractivity contribution in [2.45, 2.75) is 50.4 Å². The third-order valence-corrected chi connectivity index (χ3v) is 4.32. The van der Waals surface area contributed by atoms with E-state index in [0.717, 1.165) is 25.7 Å². The quantitative estimate of drug-likeness (QED) is 0.843. The van der Waals surface area contributed by atoms with Crippen molar-refractivity contribution in [3.8, 4) is 0 Å². The highest BCUT2D eigenvalue weighted by molar-refractivity contribution is 5.69. The number of anilines is 1. The van der Waals surface area contributed by atoms with E-state index in [9.17, 15) is 9.59 Å². The Hall–Kier alpha value is -1.82. The number of aromatic nitrogens is 1. The maximum atomic E-state index is 12.0. The molecular formula is C15H20N2O4. The zero-order valence-corrected chi connectivity index (χ0v) is 11.9. The number of rotatable bonds is 3. The molecule has 1 aliphatic carbocycles. The van der Waals surface area contributed by atoms with E-state index < -0.39 is 5.97 Å². The third-order valence-electron chi connectivity index (χ3n) is 4.32. The third kappa shape index (κ3) is 3.10. The second kappa shape index (κ2) is 5.52. The standard InChI is InChI=1S/C15H20N2O4/c16-11-2-3-13(18)17(9-11)10-14(19)21-12-4-7-20-15(8-12)5-1-6-15/h2-3,9,12H,1,4-8,10,16H2. The van der Waals surface area contributed by atoms with Crippen LogP contribution in [0.4, 0.5) is 5.69 Å². The number of hydrogen-bond acceptors (Lipinski definition) is 5. The Morgan fingerprint density at radius 2 is 2.29 bits per heavy atom. The van der Waals surface area contributed by atoms with Crippen LogP contribution >= 0.6 is 0 Å². The van der Waals surface area contributed by atoms with Crippen molar-refractivity contribution in [1.29, 1.82) is 0 Å². The van der Waals surface area contributed by atoms with Crippen LogP contribution in [0.3, 0.4) is 0 Å². The molecule has 1 saturated heterocycles. The van der Waals surface area contributed by atoms with Crippen molar-refractivity contribution in [2.24, 2.45) is 0 Å². The van der Waals surface area contributed by atoms with E-state index in [1.54, 1.807) is 0 Å².